The predicted molar refractivity (Wildman–Crippen MR) is 78.7 cm³/mol. The van der Waals surface area contributed by atoms with Gasteiger partial charge in [-0.25, -0.2) is 4.99 Å². The van der Waals surface area contributed by atoms with E-state index in [0.29, 0.717) is 6.04 Å². The number of nitrogens with zero attached hydrogens (tertiary/aromatic N) is 2. The van der Waals surface area contributed by atoms with E-state index in [9.17, 15) is 0 Å². The molecule has 4 heteroatoms. The molecule has 0 unspecified atom stereocenters. The molecule has 0 spiro atoms. The number of fused-ring (bicyclic) bond motifs is 6. The van der Waals surface area contributed by atoms with Crippen LogP contribution in [0, 0.1) is 0 Å². The number of hydrogen-bond donors (Lipinski definition) is 0. The summed E-state index contributed by atoms with van der Waals surface area (Å²) >= 11 is 1.89. The summed E-state index contributed by atoms with van der Waals surface area (Å²) in [5.74, 6) is 2.19. The molecule has 2 bridgehead atoms. The van der Waals surface area contributed by atoms with Crippen LogP contribution in [0.3, 0.4) is 0 Å². The summed E-state index contributed by atoms with van der Waals surface area (Å²) in [5.41, 5.74) is 0.956. The van der Waals surface area contributed by atoms with Crippen molar-refractivity contribution in [3.63, 3.8) is 0 Å². The summed E-state index contributed by atoms with van der Waals surface area (Å²) in [7, 11) is 0. The molecule has 1 fully saturated rings. The van der Waals surface area contributed by atoms with Crippen LogP contribution < -0.4 is 4.74 Å². The van der Waals surface area contributed by atoms with Gasteiger partial charge < -0.3 is 9.64 Å². The topological polar surface area (TPSA) is 24.8 Å². The van der Waals surface area contributed by atoms with E-state index in [0.717, 1.165) is 18.7 Å². The smallest absolute Gasteiger partial charge is 0.202 e. The summed E-state index contributed by atoms with van der Waals surface area (Å²) in [6.45, 7) is 3.24. The van der Waals surface area contributed by atoms with E-state index in [1.165, 1.54) is 29.3 Å². The molecule has 0 aromatic heterocycles. The van der Waals surface area contributed by atoms with Crippen molar-refractivity contribution in [3.05, 3.63) is 29.8 Å². The van der Waals surface area contributed by atoms with Crippen LogP contribution in [0.25, 0.3) is 0 Å². The number of ether oxygens (including phenoxy) is 1. The Kier molecular flexibility index (Phi) is 2.56. The van der Waals surface area contributed by atoms with Gasteiger partial charge in [-0.05, 0) is 25.8 Å². The van der Waals surface area contributed by atoms with Gasteiger partial charge >= 0.3 is 0 Å². The van der Waals surface area contributed by atoms with Gasteiger partial charge in [0.15, 0.2) is 5.17 Å². The lowest BCUT2D eigenvalue weighted by atomic mass is 9.91. The first-order chi connectivity index (χ1) is 9.25. The number of para-hydroxylation sites is 1. The second kappa shape index (κ2) is 4.17. The Morgan fingerprint density at radius 1 is 1.37 bits per heavy atom. The molecule has 0 saturated carbocycles. The highest BCUT2D eigenvalue weighted by molar-refractivity contribution is 8.13. The molecule has 3 aliphatic heterocycles. The first-order valence-corrected chi connectivity index (χ1v) is 8.01. The van der Waals surface area contributed by atoms with E-state index >= 15 is 0 Å². The molecular weight excluding hydrogens is 256 g/mol. The Hall–Kier alpha value is -1.16. The van der Waals surface area contributed by atoms with Crippen LogP contribution in [0.2, 0.25) is 0 Å². The van der Waals surface area contributed by atoms with Crippen LogP contribution in [0.4, 0.5) is 0 Å². The van der Waals surface area contributed by atoms with Crippen molar-refractivity contribution in [2.24, 2.45) is 4.99 Å². The van der Waals surface area contributed by atoms with Gasteiger partial charge in [0.1, 0.15) is 5.75 Å². The highest BCUT2D eigenvalue weighted by Crippen LogP contribution is 2.47. The molecule has 3 aliphatic rings. The monoisotopic (exact) mass is 274 g/mol. The van der Waals surface area contributed by atoms with Crippen molar-refractivity contribution in [1.29, 1.82) is 0 Å². The van der Waals surface area contributed by atoms with Gasteiger partial charge in [0, 0.05) is 24.3 Å². The molecular formula is C15H18N2OS. The van der Waals surface area contributed by atoms with E-state index < -0.39 is 0 Å². The minimum atomic E-state index is -0.373. The van der Waals surface area contributed by atoms with Crippen LogP contribution in [0.1, 0.15) is 37.8 Å². The molecule has 3 nitrogen and oxygen atoms in total. The predicted octanol–water partition coefficient (Wildman–Crippen LogP) is 3.43. The Morgan fingerprint density at radius 2 is 2.26 bits per heavy atom. The average Bonchev–Trinajstić information content (AvgIpc) is 2.63. The number of thioether (sulfide) groups is 1. The lowest BCUT2D eigenvalue weighted by Gasteiger charge is -2.47. The fourth-order valence-corrected chi connectivity index (χ4v) is 4.43. The molecule has 0 aliphatic carbocycles. The highest BCUT2D eigenvalue weighted by atomic mass is 32.2. The van der Waals surface area contributed by atoms with Crippen LogP contribution in [-0.2, 0) is 0 Å². The third kappa shape index (κ3) is 1.84. The van der Waals surface area contributed by atoms with Crippen LogP contribution >= 0.6 is 11.8 Å². The number of aliphatic imine (C=N–C) groups is 1. The van der Waals surface area contributed by atoms with Gasteiger partial charge in [-0.15, -0.1) is 0 Å². The Bertz CT molecular complexity index is 545. The van der Waals surface area contributed by atoms with Crippen molar-refractivity contribution < 1.29 is 4.74 Å². The molecule has 100 valence electrons. The second-order valence-corrected chi connectivity index (χ2v) is 6.74. The first kappa shape index (κ1) is 11.6. The van der Waals surface area contributed by atoms with Gasteiger partial charge in [-0.1, -0.05) is 30.0 Å². The molecule has 0 N–H and O–H groups in total. The van der Waals surface area contributed by atoms with Gasteiger partial charge in [0.25, 0.3) is 0 Å². The second-order valence-electron chi connectivity index (χ2n) is 5.68. The minimum Gasteiger partial charge on any atom is -0.466 e. The zero-order valence-corrected chi connectivity index (χ0v) is 11.9. The molecule has 1 saturated heterocycles. The van der Waals surface area contributed by atoms with Gasteiger partial charge in [-0.3, -0.25) is 0 Å². The van der Waals surface area contributed by atoms with E-state index in [4.69, 9.17) is 9.73 Å². The zero-order valence-electron chi connectivity index (χ0n) is 11.1. The van der Waals surface area contributed by atoms with Crippen molar-refractivity contribution in [3.8, 4) is 5.75 Å². The molecule has 0 radical (unpaired) electrons. The maximum Gasteiger partial charge on any atom is 0.202 e. The fraction of sp³-hybridized carbons (Fsp3) is 0.533. The van der Waals surface area contributed by atoms with E-state index in [1.807, 2.05) is 17.8 Å². The standard InChI is InChI=1S/C15H18N2OS/c1-15-10-12(11-6-2-3-7-13(11)18-15)17-8-4-5-9-19-14(17)16-15/h2-3,6-7,12H,4-5,8-10H2,1H3/t12-,15-/m0/s1. The summed E-state index contributed by atoms with van der Waals surface area (Å²) in [6, 6.07) is 8.88. The minimum absolute atomic E-state index is 0.373. The van der Waals surface area contributed by atoms with Gasteiger partial charge in [0.2, 0.25) is 5.72 Å². The number of hydrogen-bond acceptors (Lipinski definition) is 4. The number of amidine groups is 1. The zero-order chi connectivity index (χ0) is 12.9. The van der Waals surface area contributed by atoms with Gasteiger partial charge in [-0.2, -0.15) is 0 Å². The fourth-order valence-electron chi connectivity index (χ4n) is 3.26. The third-order valence-electron chi connectivity index (χ3n) is 4.16. The van der Waals surface area contributed by atoms with Crippen molar-refractivity contribution in [2.45, 2.75) is 38.0 Å². The highest BCUT2D eigenvalue weighted by Gasteiger charge is 2.45. The van der Waals surface area contributed by atoms with Gasteiger partial charge in [0.05, 0.1) is 6.04 Å². The molecule has 2 atom stereocenters. The van der Waals surface area contributed by atoms with Crippen molar-refractivity contribution >= 4 is 16.9 Å². The Labute approximate surface area is 118 Å². The van der Waals surface area contributed by atoms with Crippen LogP contribution in [0.15, 0.2) is 29.3 Å². The molecule has 3 heterocycles. The maximum atomic E-state index is 6.15. The summed E-state index contributed by atoms with van der Waals surface area (Å²) in [6.07, 6.45) is 3.52. The molecule has 0 amide bonds. The van der Waals surface area contributed by atoms with Crippen LogP contribution in [-0.4, -0.2) is 28.1 Å². The Balaban J connectivity index is 1.83. The molecule has 19 heavy (non-hydrogen) atoms. The lowest BCUT2D eigenvalue weighted by molar-refractivity contribution is 0.0249. The van der Waals surface area contributed by atoms with E-state index in [1.54, 1.807) is 0 Å². The maximum absolute atomic E-state index is 6.15. The summed E-state index contributed by atoms with van der Waals surface area (Å²) < 4.78 is 6.15. The SMILES string of the molecule is C[C@@]12C[C@@H](c3ccccc3O1)N1CCCCSC1=N2. The third-order valence-corrected chi connectivity index (χ3v) is 5.24. The average molecular weight is 274 g/mol. The number of benzene rings is 1. The Morgan fingerprint density at radius 3 is 3.21 bits per heavy atom. The number of rotatable bonds is 0. The van der Waals surface area contributed by atoms with E-state index in [-0.39, 0.29) is 5.72 Å². The summed E-state index contributed by atoms with van der Waals surface area (Å²) in [5, 5.41) is 1.19. The molecule has 4 rings (SSSR count). The summed E-state index contributed by atoms with van der Waals surface area (Å²) in [4.78, 5) is 7.40. The van der Waals surface area contributed by atoms with Crippen molar-refractivity contribution in [1.82, 2.24) is 4.90 Å². The normalized spacial score (nSPS) is 32.6. The first-order valence-electron chi connectivity index (χ1n) is 7.02. The van der Waals surface area contributed by atoms with Crippen molar-refractivity contribution in [2.75, 3.05) is 12.3 Å². The van der Waals surface area contributed by atoms with Crippen LogP contribution in [0.5, 0.6) is 5.75 Å². The van der Waals surface area contributed by atoms with E-state index in [2.05, 4.69) is 30.0 Å². The molecule has 1 aromatic carbocycles. The quantitative estimate of drug-likeness (QED) is 0.724. The largest absolute Gasteiger partial charge is 0.466 e. The molecule has 1 aromatic rings. The lowest BCUT2D eigenvalue weighted by Crippen LogP contribution is -2.49.